The molecule has 3 saturated heterocycles. The van der Waals surface area contributed by atoms with Crippen LogP contribution >= 0.6 is 11.6 Å². The summed E-state index contributed by atoms with van der Waals surface area (Å²) >= 11 is 5.93. The highest BCUT2D eigenvalue weighted by Gasteiger charge is 2.56. The van der Waals surface area contributed by atoms with Gasteiger partial charge in [-0.1, -0.05) is 0 Å². The van der Waals surface area contributed by atoms with E-state index in [9.17, 15) is 9.59 Å². The number of amides is 2. The van der Waals surface area contributed by atoms with Crippen molar-refractivity contribution in [3.8, 4) is 0 Å². The van der Waals surface area contributed by atoms with Gasteiger partial charge in [-0.05, 0) is 35.9 Å². The molecule has 0 saturated carbocycles. The smallest absolute Gasteiger partial charge is 0.258 e. The second kappa shape index (κ2) is 5.77. The fourth-order valence-electron chi connectivity index (χ4n) is 4.65. The van der Waals surface area contributed by atoms with E-state index in [4.69, 9.17) is 20.8 Å². The molecule has 3 fully saturated rings. The number of likely N-dealkylation sites (tertiary alicyclic amines) is 2. The number of fused-ring (bicyclic) bond motifs is 2. The van der Waals surface area contributed by atoms with Gasteiger partial charge in [-0.15, -0.1) is 0 Å². The lowest BCUT2D eigenvalue weighted by molar-refractivity contribution is -0.130. The summed E-state index contributed by atoms with van der Waals surface area (Å²) in [7, 11) is 0. The van der Waals surface area contributed by atoms with Gasteiger partial charge in [-0.3, -0.25) is 9.59 Å². The maximum absolute atomic E-state index is 12.6. The third-order valence-corrected chi connectivity index (χ3v) is 6.31. The normalized spacial score (nSPS) is 28.4. The first-order valence-electron chi connectivity index (χ1n) is 8.39. The van der Waals surface area contributed by atoms with Crippen LogP contribution in [0, 0.1) is 11.3 Å². The number of piperidine rings is 1. The lowest BCUT2D eigenvalue weighted by atomic mass is 9.70. The number of halogens is 1. The second-order valence-corrected chi connectivity index (χ2v) is 7.46. The molecule has 2 atom stereocenters. The van der Waals surface area contributed by atoms with E-state index in [1.165, 1.54) is 6.26 Å². The number of hydrogen-bond donors (Lipinski definition) is 0. The molecule has 0 N–H and O–H groups in total. The van der Waals surface area contributed by atoms with Crippen molar-refractivity contribution >= 4 is 23.4 Å². The summed E-state index contributed by atoms with van der Waals surface area (Å²) in [5.74, 6) is 0.427. The number of carbonyl (C=O) groups is 2. The number of furan rings is 1. The van der Waals surface area contributed by atoms with Gasteiger partial charge in [0.05, 0.1) is 31.1 Å². The zero-order valence-electron chi connectivity index (χ0n) is 13.7. The topological polar surface area (TPSA) is 63.0 Å². The van der Waals surface area contributed by atoms with Crippen LogP contribution in [0.5, 0.6) is 0 Å². The summed E-state index contributed by atoms with van der Waals surface area (Å²) in [4.78, 5) is 28.3. The van der Waals surface area contributed by atoms with Crippen LogP contribution in [-0.4, -0.2) is 60.5 Å². The van der Waals surface area contributed by atoms with Crippen molar-refractivity contribution in [2.75, 3.05) is 32.8 Å². The van der Waals surface area contributed by atoms with E-state index in [0.717, 1.165) is 26.0 Å². The number of hydrogen-bond acceptors (Lipinski definition) is 4. The Kier molecular flexibility index (Phi) is 3.84. The van der Waals surface area contributed by atoms with E-state index in [1.54, 1.807) is 13.0 Å². The van der Waals surface area contributed by atoms with Crippen molar-refractivity contribution in [1.82, 2.24) is 9.80 Å². The van der Waals surface area contributed by atoms with Crippen LogP contribution in [0.15, 0.2) is 16.7 Å². The molecule has 0 radical (unpaired) electrons. The summed E-state index contributed by atoms with van der Waals surface area (Å²) in [6.07, 6.45) is 3.22. The predicted molar refractivity (Wildman–Crippen MR) is 86.8 cm³/mol. The minimum Gasteiger partial charge on any atom is -0.452 e. The van der Waals surface area contributed by atoms with Gasteiger partial charge in [0, 0.05) is 32.5 Å². The van der Waals surface area contributed by atoms with Crippen molar-refractivity contribution in [2.24, 2.45) is 11.3 Å². The number of rotatable bonds is 1. The summed E-state index contributed by atoms with van der Waals surface area (Å²) in [5, 5.41) is 0.146. The molecule has 3 aliphatic rings. The second-order valence-electron chi connectivity index (χ2n) is 7.12. The highest BCUT2D eigenvalue weighted by Crippen LogP contribution is 2.50. The third-order valence-electron chi connectivity index (χ3n) is 6.02. The molecule has 1 aromatic heterocycles. The number of ether oxygens (including phenoxy) is 1. The molecule has 3 aliphatic heterocycles. The Morgan fingerprint density at radius 1 is 1.29 bits per heavy atom. The Bertz CT molecular complexity index is 665. The van der Waals surface area contributed by atoms with E-state index >= 15 is 0 Å². The first kappa shape index (κ1) is 16.0. The fraction of sp³-hybridized carbons (Fsp3) is 0.647. The first-order valence-corrected chi connectivity index (χ1v) is 8.77. The van der Waals surface area contributed by atoms with Gasteiger partial charge in [0.25, 0.3) is 5.91 Å². The van der Waals surface area contributed by atoms with Crippen molar-refractivity contribution < 1.29 is 18.7 Å². The van der Waals surface area contributed by atoms with Crippen LogP contribution in [0.25, 0.3) is 0 Å². The molecular formula is C17H21ClN2O4. The average molecular weight is 353 g/mol. The quantitative estimate of drug-likeness (QED) is 0.776. The van der Waals surface area contributed by atoms with E-state index in [0.29, 0.717) is 31.2 Å². The Morgan fingerprint density at radius 2 is 2.04 bits per heavy atom. The van der Waals surface area contributed by atoms with Gasteiger partial charge in [0.2, 0.25) is 11.1 Å². The molecular weight excluding hydrogens is 332 g/mol. The SMILES string of the molecule is CC(=O)N1CC2(CCN(C(=O)c3ccoc3Cl)CC2)[C@H]2COC[C@H]21. The molecule has 4 rings (SSSR count). The predicted octanol–water partition coefficient (Wildman–Crippen LogP) is 2.03. The van der Waals surface area contributed by atoms with E-state index < -0.39 is 0 Å². The van der Waals surface area contributed by atoms with E-state index in [1.807, 2.05) is 9.80 Å². The largest absolute Gasteiger partial charge is 0.452 e. The molecule has 1 aromatic rings. The molecule has 0 bridgehead atoms. The van der Waals surface area contributed by atoms with Crippen LogP contribution < -0.4 is 0 Å². The van der Waals surface area contributed by atoms with Gasteiger partial charge in [-0.25, -0.2) is 0 Å². The highest BCUT2D eigenvalue weighted by atomic mass is 35.5. The van der Waals surface area contributed by atoms with E-state index in [2.05, 4.69) is 0 Å². The summed E-state index contributed by atoms with van der Waals surface area (Å²) < 4.78 is 10.7. The van der Waals surface area contributed by atoms with Crippen LogP contribution in [0.2, 0.25) is 5.22 Å². The molecule has 2 amide bonds. The van der Waals surface area contributed by atoms with Gasteiger partial charge < -0.3 is 19.0 Å². The molecule has 0 aromatic carbocycles. The molecule has 0 aliphatic carbocycles. The minimum absolute atomic E-state index is 0.0732. The Hall–Kier alpha value is -1.53. The molecule has 1 spiro atoms. The van der Waals surface area contributed by atoms with E-state index in [-0.39, 0.29) is 28.5 Å². The molecule has 0 unspecified atom stereocenters. The van der Waals surface area contributed by atoms with Crippen molar-refractivity contribution in [1.29, 1.82) is 0 Å². The molecule has 130 valence electrons. The average Bonchev–Trinajstić information content (AvgIpc) is 3.26. The Balaban J connectivity index is 1.49. The maximum Gasteiger partial charge on any atom is 0.258 e. The third kappa shape index (κ3) is 2.35. The minimum atomic E-state index is -0.0794. The maximum atomic E-state index is 12.6. The van der Waals surface area contributed by atoms with Crippen molar-refractivity contribution in [3.63, 3.8) is 0 Å². The standard InChI is InChI=1S/C17H21ClN2O4/c1-11(21)20-10-17(13-8-23-9-14(13)20)3-5-19(6-4-17)16(22)12-2-7-24-15(12)18/h2,7,13-14H,3-6,8-10H2,1H3/t13-,14+/m0/s1. The Morgan fingerprint density at radius 3 is 2.67 bits per heavy atom. The fourth-order valence-corrected chi connectivity index (χ4v) is 4.85. The number of nitrogens with zero attached hydrogens (tertiary/aromatic N) is 2. The van der Waals surface area contributed by atoms with Crippen LogP contribution in [0.3, 0.4) is 0 Å². The van der Waals surface area contributed by atoms with Crippen LogP contribution in [0.1, 0.15) is 30.1 Å². The Labute approximate surface area is 145 Å². The van der Waals surface area contributed by atoms with Crippen LogP contribution in [0.4, 0.5) is 0 Å². The monoisotopic (exact) mass is 352 g/mol. The van der Waals surface area contributed by atoms with Crippen molar-refractivity contribution in [2.45, 2.75) is 25.8 Å². The molecule has 6 nitrogen and oxygen atoms in total. The lowest BCUT2D eigenvalue weighted by Gasteiger charge is -2.41. The summed E-state index contributed by atoms with van der Waals surface area (Å²) in [6, 6.07) is 1.82. The van der Waals surface area contributed by atoms with Gasteiger partial charge in [-0.2, -0.15) is 0 Å². The van der Waals surface area contributed by atoms with Crippen LogP contribution in [-0.2, 0) is 9.53 Å². The highest BCUT2D eigenvalue weighted by molar-refractivity contribution is 6.32. The lowest BCUT2D eigenvalue weighted by Crippen LogP contribution is -2.47. The number of carbonyl (C=O) groups excluding carboxylic acids is 2. The van der Waals surface area contributed by atoms with Crippen molar-refractivity contribution in [3.05, 3.63) is 23.1 Å². The summed E-state index contributed by atoms with van der Waals surface area (Å²) in [6.45, 7) is 5.13. The van der Waals surface area contributed by atoms with Gasteiger partial charge >= 0.3 is 0 Å². The molecule has 7 heteroatoms. The van der Waals surface area contributed by atoms with Gasteiger partial charge in [0.1, 0.15) is 0 Å². The zero-order valence-corrected chi connectivity index (χ0v) is 14.4. The summed E-state index contributed by atoms with van der Waals surface area (Å²) in [5.41, 5.74) is 0.496. The first-order chi connectivity index (χ1) is 11.5. The van der Waals surface area contributed by atoms with Gasteiger partial charge in [0.15, 0.2) is 0 Å². The molecule has 24 heavy (non-hydrogen) atoms. The molecule has 4 heterocycles. The zero-order chi connectivity index (χ0) is 16.9.